The fraction of sp³-hybridized carbons (Fsp3) is 0.154. The molecule has 0 radical (unpaired) electrons. The third-order valence-corrected chi connectivity index (χ3v) is 2.60. The van der Waals surface area contributed by atoms with Gasteiger partial charge in [-0.2, -0.15) is 13.2 Å². The molecule has 0 aliphatic carbocycles. The first kappa shape index (κ1) is 14.8. The molecule has 0 amide bonds. The highest BCUT2D eigenvalue weighted by molar-refractivity contribution is 5.87. The Labute approximate surface area is 117 Å². The number of rotatable bonds is 4. The summed E-state index contributed by atoms with van der Waals surface area (Å²) in [5, 5.41) is 11.4. The van der Waals surface area contributed by atoms with Gasteiger partial charge in [0.1, 0.15) is 5.69 Å². The number of halogens is 3. The molecule has 0 saturated heterocycles. The molecular weight excluding hydrogens is 287 g/mol. The molecule has 0 unspecified atom stereocenters. The third-order valence-electron chi connectivity index (χ3n) is 2.60. The van der Waals surface area contributed by atoms with E-state index >= 15 is 0 Å². The van der Waals surface area contributed by atoms with Crippen molar-refractivity contribution in [3.8, 4) is 0 Å². The smallest absolute Gasteiger partial charge is 0.433 e. The van der Waals surface area contributed by atoms with Gasteiger partial charge >= 0.3 is 12.1 Å². The monoisotopic (exact) mass is 297 g/mol. The Morgan fingerprint density at radius 3 is 2.43 bits per heavy atom. The van der Waals surface area contributed by atoms with E-state index < -0.39 is 17.8 Å². The van der Waals surface area contributed by atoms with Crippen molar-refractivity contribution in [3.63, 3.8) is 0 Å². The molecule has 0 aliphatic heterocycles. The lowest BCUT2D eigenvalue weighted by Crippen LogP contribution is -2.11. The lowest BCUT2D eigenvalue weighted by Gasteiger charge is -2.08. The second-order valence-corrected chi connectivity index (χ2v) is 4.12. The minimum absolute atomic E-state index is 0.133. The van der Waals surface area contributed by atoms with Gasteiger partial charge in [-0.3, -0.25) is 0 Å². The van der Waals surface area contributed by atoms with Gasteiger partial charge in [0.2, 0.25) is 5.95 Å². The van der Waals surface area contributed by atoms with Crippen LogP contribution in [0.2, 0.25) is 0 Å². The molecule has 8 heteroatoms. The minimum atomic E-state index is -4.53. The van der Waals surface area contributed by atoms with E-state index in [0.717, 1.165) is 12.3 Å². The number of aromatic carboxylic acids is 1. The van der Waals surface area contributed by atoms with Gasteiger partial charge in [-0.15, -0.1) is 0 Å². The number of carbonyl (C=O) groups is 1. The predicted molar refractivity (Wildman–Crippen MR) is 67.8 cm³/mol. The molecule has 2 aromatic rings. The molecular formula is C13H10F3N3O2. The summed E-state index contributed by atoms with van der Waals surface area (Å²) in [6.07, 6.45) is -3.51. The zero-order chi connectivity index (χ0) is 15.5. The Morgan fingerprint density at radius 1 is 1.19 bits per heavy atom. The molecule has 1 aromatic heterocycles. The van der Waals surface area contributed by atoms with E-state index in [1.807, 2.05) is 0 Å². The SMILES string of the molecule is O=C(O)c1ccc(CNc2nccc(C(F)(F)F)n2)cc1. The van der Waals surface area contributed by atoms with E-state index in [9.17, 15) is 18.0 Å². The van der Waals surface area contributed by atoms with Crippen LogP contribution < -0.4 is 5.32 Å². The topological polar surface area (TPSA) is 75.1 Å². The van der Waals surface area contributed by atoms with Crippen LogP contribution in [0.15, 0.2) is 36.5 Å². The summed E-state index contributed by atoms with van der Waals surface area (Å²) in [7, 11) is 0. The minimum Gasteiger partial charge on any atom is -0.478 e. The van der Waals surface area contributed by atoms with E-state index in [1.165, 1.54) is 12.1 Å². The van der Waals surface area contributed by atoms with Gasteiger partial charge in [0.05, 0.1) is 5.56 Å². The first-order chi connectivity index (χ1) is 9.86. The number of benzene rings is 1. The highest BCUT2D eigenvalue weighted by Crippen LogP contribution is 2.27. The van der Waals surface area contributed by atoms with Crippen molar-refractivity contribution in [3.05, 3.63) is 53.3 Å². The second kappa shape index (κ2) is 5.78. The number of carboxylic acid groups (broad SMARTS) is 1. The summed E-state index contributed by atoms with van der Waals surface area (Å²) in [5.41, 5.74) is -0.198. The van der Waals surface area contributed by atoms with Crippen LogP contribution in [-0.4, -0.2) is 21.0 Å². The van der Waals surface area contributed by atoms with E-state index in [2.05, 4.69) is 15.3 Å². The van der Waals surface area contributed by atoms with Crippen LogP contribution in [0.1, 0.15) is 21.6 Å². The van der Waals surface area contributed by atoms with E-state index in [0.29, 0.717) is 5.56 Å². The third kappa shape index (κ3) is 3.91. The average molecular weight is 297 g/mol. The summed E-state index contributed by atoms with van der Waals surface area (Å²) in [5.74, 6) is -1.19. The molecule has 0 fully saturated rings. The molecule has 1 heterocycles. The van der Waals surface area contributed by atoms with Crippen molar-refractivity contribution in [1.82, 2.24) is 9.97 Å². The normalized spacial score (nSPS) is 11.2. The zero-order valence-electron chi connectivity index (χ0n) is 10.6. The van der Waals surface area contributed by atoms with Gasteiger partial charge < -0.3 is 10.4 Å². The lowest BCUT2D eigenvalue weighted by molar-refractivity contribution is -0.141. The number of aromatic nitrogens is 2. The predicted octanol–water partition coefficient (Wildman–Crippen LogP) is 2.81. The molecule has 0 atom stereocenters. The summed E-state index contributed by atoms with van der Waals surface area (Å²) in [6, 6.07) is 6.72. The standard InChI is InChI=1S/C13H10F3N3O2/c14-13(15,16)10-5-6-17-12(19-10)18-7-8-1-3-9(4-2-8)11(20)21/h1-6H,7H2,(H,20,21)(H,17,18,19). The Hall–Kier alpha value is -2.64. The van der Waals surface area contributed by atoms with Gasteiger partial charge in [0.15, 0.2) is 0 Å². The maximum atomic E-state index is 12.5. The van der Waals surface area contributed by atoms with Crippen molar-refractivity contribution in [2.75, 3.05) is 5.32 Å². The first-order valence-electron chi connectivity index (χ1n) is 5.82. The number of nitrogens with one attached hydrogen (secondary N) is 1. The van der Waals surface area contributed by atoms with Crippen LogP contribution in [-0.2, 0) is 12.7 Å². The van der Waals surface area contributed by atoms with E-state index in [4.69, 9.17) is 5.11 Å². The average Bonchev–Trinajstić information content (AvgIpc) is 2.45. The molecule has 5 nitrogen and oxygen atoms in total. The highest BCUT2D eigenvalue weighted by atomic mass is 19.4. The molecule has 21 heavy (non-hydrogen) atoms. The summed E-state index contributed by atoms with van der Waals surface area (Å²) < 4.78 is 37.4. The molecule has 0 saturated carbocycles. The lowest BCUT2D eigenvalue weighted by atomic mass is 10.1. The molecule has 0 bridgehead atoms. The first-order valence-corrected chi connectivity index (χ1v) is 5.82. The molecule has 1 aromatic carbocycles. The zero-order valence-corrected chi connectivity index (χ0v) is 10.6. The number of anilines is 1. The van der Waals surface area contributed by atoms with E-state index in [1.54, 1.807) is 12.1 Å². The van der Waals surface area contributed by atoms with Crippen molar-refractivity contribution in [1.29, 1.82) is 0 Å². The Bertz CT molecular complexity index is 642. The van der Waals surface area contributed by atoms with Crippen molar-refractivity contribution in [2.45, 2.75) is 12.7 Å². The van der Waals surface area contributed by atoms with Gasteiger partial charge in [0.25, 0.3) is 0 Å². The molecule has 2 rings (SSSR count). The number of nitrogens with zero attached hydrogens (tertiary/aromatic N) is 2. The fourth-order valence-corrected chi connectivity index (χ4v) is 1.55. The number of carboxylic acids is 1. The van der Waals surface area contributed by atoms with E-state index in [-0.39, 0.29) is 18.1 Å². The van der Waals surface area contributed by atoms with Crippen LogP contribution in [0.4, 0.5) is 19.1 Å². The largest absolute Gasteiger partial charge is 0.478 e. The fourth-order valence-electron chi connectivity index (χ4n) is 1.55. The Morgan fingerprint density at radius 2 is 1.86 bits per heavy atom. The van der Waals surface area contributed by atoms with Crippen molar-refractivity contribution < 1.29 is 23.1 Å². The van der Waals surface area contributed by atoms with Crippen LogP contribution >= 0.6 is 0 Å². The summed E-state index contributed by atoms with van der Waals surface area (Å²) in [4.78, 5) is 17.7. The quantitative estimate of drug-likeness (QED) is 0.907. The molecule has 0 aliphatic rings. The maximum Gasteiger partial charge on any atom is 0.433 e. The second-order valence-electron chi connectivity index (χ2n) is 4.12. The maximum absolute atomic E-state index is 12.5. The number of hydrogen-bond donors (Lipinski definition) is 2. The van der Waals surface area contributed by atoms with Gasteiger partial charge in [-0.05, 0) is 23.8 Å². The molecule has 2 N–H and O–H groups in total. The number of hydrogen-bond acceptors (Lipinski definition) is 4. The highest BCUT2D eigenvalue weighted by Gasteiger charge is 2.32. The van der Waals surface area contributed by atoms with Gasteiger partial charge in [0, 0.05) is 12.7 Å². The molecule has 0 spiro atoms. The van der Waals surface area contributed by atoms with Gasteiger partial charge in [-0.25, -0.2) is 14.8 Å². The van der Waals surface area contributed by atoms with Crippen molar-refractivity contribution >= 4 is 11.9 Å². The van der Waals surface area contributed by atoms with Crippen LogP contribution in [0, 0.1) is 0 Å². The Balaban J connectivity index is 2.04. The van der Waals surface area contributed by atoms with Crippen LogP contribution in [0.3, 0.4) is 0 Å². The van der Waals surface area contributed by atoms with Crippen LogP contribution in [0.25, 0.3) is 0 Å². The van der Waals surface area contributed by atoms with Crippen LogP contribution in [0.5, 0.6) is 0 Å². The van der Waals surface area contributed by atoms with Gasteiger partial charge in [-0.1, -0.05) is 12.1 Å². The summed E-state index contributed by atoms with van der Waals surface area (Å²) in [6.45, 7) is 0.182. The number of alkyl halides is 3. The summed E-state index contributed by atoms with van der Waals surface area (Å²) >= 11 is 0. The molecule has 110 valence electrons. The Kier molecular flexibility index (Phi) is 4.06. The van der Waals surface area contributed by atoms with Crippen molar-refractivity contribution in [2.24, 2.45) is 0 Å².